The summed E-state index contributed by atoms with van der Waals surface area (Å²) in [5, 5.41) is 11.0. The van der Waals surface area contributed by atoms with Crippen LogP contribution in [0.15, 0.2) is 42.5 Å². The number of hydrogen-bond acceptors (Lipinski definition) is 6. The van der Waals surface area contributed by atoms with Gasteiger partial charge in [-0.3, -0.25) is 10.1 Å². The highest BCUT2D eigenvalue weighted by Crippen LogP contribution is 2.29. The Hall–Kier alpha value is -2.52. The van der Waals surface area contributed by atoms with E-state index in [2.05, 4.69) is 0 Å². The van der Waals surface area contributed by atoms with Crippen LogP contribution in [0.2, 0.25) is 0 Å². The van der Waals surface area contributed by atoms with E-state index in [0.717, 1.165) is 15.9 Å². The number of nitrogen functional groups attached to an aromatic ring is 1. The minimum Gasteiger partial charge on any atom is -0.393 e. The van der Waals surface area contributed by atoms with Crippen molar-refractivity contribution in [2.24, 2.45) is 0 Å². The Morgan fingerprint density at radius 2 is 1.88 bits per heavy atom. The van der Waals surface area contributed by atoms with Gasteiger partial charge in [0.15, 0.2) is 0 Å². The molecule has 2 rings (SSSR count). The topological polar surface area (TPSA) is 116 Å². The van der Waals surface area contributed by atoms with E-state index in [9.17, 15) is 18.5 Å². The smallest absolute Gasteiger partial charge is 0.393 e. The Kier molecular flexibility index (Phi) is 5.70. The van der Waals surface area contributed by atoms with E-state index in [1.54, 1.807) is 12.1 Å². The van der Waals surface area contributed by atoms with E-state index in [1.165, 1.54) is 24.3 Å². The van der Waals surface area contributed by atoms with Crippen LogP contribution >= 0.6 is 11.6 Å². The molecule has 0 spiro atoms. The van der Waals surface area contributed by atoms with Gasteiger partial charge in [-0.15, -0.1) is 11.6 Å². The first-order valence-electron chi connectivity index (χ1n) is 7.13. The maximum atomic E-state index is 12.6. The quantitative estimate of drug-likeness (QED) is 0.339. The van der Waals surface area contributed by atoms with Crippen LogP contribution in [-0.4, -0.2) is 25.8 Å². The molecule has 0 heterocycles. The minimum absolute atomic E-state index is 0.0331. The molecule has 10 heteroatoms. The lowest BCUT2D eigenvalue weighted by Crippen LogP contribution is -2.36. The first-order chi connectivity index (χ1) is 11.7. The summed E-state index contributed by atoms with van der Waals surface area (Å²) in [5.41, 5.74) is 6.05. The molecule has 0 amide bonds. The first-order valence-corrected chi connectivity index (χ1v) is 9.03. The molecule has 0 unspecified atom stereocenters. The molecule has 0 radical (unpaired) electrons. The van der Waals surface area contributed by atoms with E-state index >= 15 is 0 Å². The van der Waals surface area contributed by atoms with Gasteiger partial charge in [0.05, 0.1) is 17.2 Å². The Balaban J connectivity index is 2.40. The number of nitrogens with zero attached hydrogens (tertiary/aromatic N) is 2. The van der Waals surface area contributed by atoms with Crippen molar-refractivity contribution in [1.82, 2.24) is 0 Å². The van der Waals surface area contributed by atoms with Gasteiger partial charge < -0.3 is 9.92 Å². The zero-order valence-electron chi connectivity index (χ0n) is 13.3. The molecule has 0 aromatic heterocycles. The molecule has 25 heavy (non-hydrogen) atoms. The summed E-state index contributed by atoms with van der Waals surface area (Å²) in [6, 6.07) is 10.1. The van der Waals surface area contributed by atoms with Crippen LogP contribution in [0, 0.1) is 17.0 Å². The number of aryl methyl sites for hydroxylation is 1. The summed E-state index contributed by atoms with van der Waals surface area (Å²) in [4.78, 5) is 10.3. The van der Waals surface area contributed by atoms with Crippen molar-refractivity contribution in [3.63, 3.8) is 0 Å². The van der Waals surface area contributed by atoms with Gasteiger partial charge >= 0.3 is 10.3 Å². The molecule has 0 fully saturated rings. The van der Waals surface area contributed by atoms with Crippen molar-refractivity contribution in [1.29, 1.82) is 0 Å². The van der Waals surface area contributed by atoms with Crippen LogP contribution in [0.1, 0.15) is 5.56 Å². The van der Waals surface area contributed by atoms with Crippen molar-refractivity contribution in [3.05, 3.63) is 58.1 Å². The number of nitrogens with two attached hydrogens (primary N) is 1. The highest BCUT2D eigenvalue weighted by Gasteiger charge is 2.26. The van der Waals surface area contributed by atoms with Crippen LogP contribution in [0.3, 0.4) is 0 Å². The Morgan fingerprint density at radius 3 is 2.44 bits per heavy atom. The van der Waals surface area contributed by atoms with Gasteiger partial charge in [0.1, 0.15) is 11.4 Å². The number of anilines is 2. The van der Waals surface area contributed by atoms with Gasteiger partial charge in [-0.25, -0.2) is 4.31 Å². The van der Waals surface area contributed by atoms with Crippen molar-refractivity contribution < 1.29 is 17.5 Å². The van der Waals surface area contributed by atoms with E-state index in [0.29, 0.717) is 0 Å². The normalized spacial score (nSPS) is 11.1. The molecule has 0 aliphatic carbocycles. The summed E-state index contributed by atoms with van der Waals surface area (Å²) in [6.45, 7) is 1.72. The Labute approximate surface area is 150 Å². The summed E-state index contributed by atoms with van der Waals surface area (Å²) >= 11 is 5.69. The molecule has 2 aromatic rings. The van der Waals surface area contributed by atoms with Gasteiger partial charge in [0.2, 0.25) is 0 Å². The van der Waals surface area contributed by atoms with Crippen molar-refractivity contribution in [3.8, 4) is 5.75 Å². The van der Waals surface area contributed by atoms with Gasteiger partial charge in [0.25, 0.3) is 5.69 Å². The summed E-state index contributed by atoms with van der Waals surface area (Å²) in [7, 11) is -4.27. The number of rotatable bonds is 7. The second-order valence-corrected chi connectivity index (χ2v) is 6.96. The number of halogens is 1. The van der Waals surface area contributed by atoms with E-state index in [4.69, 9.17) is 21.5 Å². The maximum Gasteiger partial charge on any atom is 0.410 e. The lowest BCUT2D eigenvalue weighted by molar-refractivity contribution is -0.383. The average Bonchev–Trinajstić information content (AvgIpc) is 2.55. The molecule has 0 aliphatic heterocycles. The highest BCUT2D eigenvalue weighted by atomic mass is 35.5. The van der Waals surface area contributed by atoms with Crippen LogP contribution in [0.25, 0.3) is 0 Å². The molecular weight excluding hydrogens is 370 g/mol. The van der Waals surface area contributed by atoms with E-state index in [-0.39, 0.29) is 29.5 Å². The summed E-state index contributed by atoms with van der Waals surface area (Å²) < 4.78 is 31.1. The number of alkyl halides is 1. The fourth-order valence-corrected chi connectivity index (χ4v) is 3.45. The summed E-state index contributed by atoms with van der Waals surface area (Å²) in [6.07, 6.45) is 0. The van der Waals surface area contributed by atoms with Gasteiger partial charge in [-0.1, -0.05) is 17.7 Å². The van der Waals surface area contributed by atoms with Crippen molar-refractivity contribution in [2.45, 2.75) is 6.92 Å². The van der Waals surface area contributed by atoms with Crippen LogP contribution in [0.5, 0.6) is 5.75 Å². The molecule has 0 bridgehead atoms. The summed E-state index contributed by atoms with van der Waals surface area (Å²) in [5.74, 6) is 0.0874. The van der Waals surface area contributed by atoms with Crippen molar-refractivity contribution >= 4 is 39.0 Å². The fraction of sp³-hybridized carbons (Fsp3) is 0.200. The molecular formula is C15H16ClN3O5S. The SMILES string of the molecule is Cc1ccc(OS(=O)(=O)N(CCCl)c2ccc(N)c([N+](=O)[O-])c2)cc1. The lowest BCUT2D eigenvalue weighted by atomic mass is 10.2. The van der Waals surface area contributed by atoms with Crippen LogP contribution < -0.4 is 14.2 Å². The number of hydrogen-bond donors (Lipinski definition) is 1. The van der Waals surface area contributed by atoms with E-state index in [1.807, 2.05) is 6.92 Å². The molecule has 8 nitrogen and oxygen atoms in total. The second kappa shape index (κ2) is 7.58. The minimum atomic E-state index is -4.27. The second-order valence-electron chi connectivity index (χ2n) is 5.12. The zero-order valence-corrected chi connectivity index (χ0v) is 14.8. The molecule has 0 saturated heterocycles. The molecule has 2 N–H and O–H groups in total. The number of nitro benzene ring substituents is 1. The van der Waals surface area contributed by atoms with Gasteiger partial charge in [-0.2, -0.15) is 8.42 Å². The monoisotopic (exact) mass is 385 g/mol. The highest BCUT2D eigenvalue weighted by molar-refractivity contribution is 7.88. The first kappa shape index (κ1) is 18.8. The molecule has 0 saturated carbocycles. The third-order valence-electron chi connectivity index (χ3n) is 3.28. The predicted octanol–water partition coefficient (Wildman–Crippen LogP) is 2.85. The largest absolute Gasteiger partial charge is 0.410 e. The molecule has 0 atom stereocenters. The van der Waals surface area contributed by atoms with Crippen LogP contribution in [-0.2, 0) is 10.3 Å². The predicted molar refractivity (Wildman–Crippen MR) is 96.3 cm³/mol. The molecule has 134 valence electrons. The van der Waals surface area contributed by atoms with Crippen molar-refractivity contribution in [2.75, 3.05) is 22.5 Å². The lowest BCUT2D eigenvalue weighted by Gasteiger charge is -2.23. The Bertz CT molecular complexity index is 871. The van der Waals surface area contributed by atoms with E-state index < -0.39 is 20.9 Å². The maximum absolute atomic E-state index is 12.6. The third kappa shape index (κ3) is 4.52. The number of benzene rings is 2. The third-order valence-corrected chi connectivity index (χ3v) is 4.78. The fourth-order valence-electron chi connectivity index (χ4n) is 2.05. The average molecular weight is 386 g/mol. The Morgan fingerprint density at radius 1 is 1.24 bits per heavy atom. The van der Waals surface area contributed by atoms with Gasteiger partial charge in [0, 0.05) is 11.9 Å². The molecule has 0 aliphatic rings. The number of nitro groups is 1. The zero-order chi connectivity index (χ0) is 18.6. The standard InChI is InChI=1S/C15H16ClN3O5S/c1-11-2-5-13(6-3-11)24-25(22,23)18(9-8-16)12-4-7-14(17)15(10-12)19(20)21/h2-7,10H,8-9,17H2,1H3. The van der Waals surface area contributed by atoms with Crippen LogP contribution in [0.4, 0.5) is 17.1 Å². The molecule has 2 aromatic carbocycles. The van der Waals surface area contributed by atoms with Gasteiger partial charge in [-0.05, 0) is 31.2 Å².